The van der Waals surface area contributed by atoms with Crippen LogP contribution < -0.4 is 16.2 Å². The highest BCUT2D eigenvalue weighted by molar-refractivity contribution is 7.89. The number of primary sulfonamides is 1. The van der Waals surface area contributed by atoms with Crippen LogP contribution in [0, 0.1) is 6.92 Å². The fourth-order valence-electron chi connectivity index (χ4n) is 3.87. The Morgan fingerprint density at radius 3 is 2.43 bits per heavy atom. The molecule has 0 spiro atoms. The van der Waals surface area contributed by atoms with E-state index in [2.05, 4.69) is 15.3 Å². The van der Waals surface area contributed by atoms with Gasteiger partial charge in [-0.1, -0.05) is 35.9 Å². The van der Waals surface area contributed by atoms with Crippen LogP contribution in [-0.4, -0.2) is 48.8 Å². The van der Waals surface area contributed by atoms with Crippen molar-refractivity contribution in [2.24, 2.45) is 5.14 Å². The van der Waals surface area contributed by atoms with E-state index in [0.29, 0.717) is 43.9 Å². The van der Waals surface area contributed by atoms with Gasteiger partial charge in [0, 0.05) is 31.3 Å². The molecule has 35 heavy (non-hydrogen) atoms. The van der Waals surface area contributed by atoms with E-state index in [1.807, 2.05) is 48.2 Å². The van der Waals surface area contributed by atoms with E-state index >= 15 is 0 Å². The molecule has 9 nitrogen and oxygen atoms in total. The largest absolute Gasteiger partial charge is 0.370 e. The van der Waals surface area contributed by atoms with Crippen LogP contribution in [0.25, 0.3) is 5.57 Å². The lowest BCUT2D eigenvalue weighted by molar-refractivity contribution is 0.0773. The maximum atomic E-state index is 12.8. The molecule has 182 valence electrons. The van der Waals surface area contributed by atoms with Gasteiger partial charge in [-0.2, -0.15) is 4.98 Å². The third kappa shape index (κ3) is 6.23. The topological polar surface area (TPSA) is 144 Å². The van der Waals surface area contributed by atoms with Crippen molar-refractivity contribution in [2.45, 2.75) is 24.7 Å². The van der Waals surface area contributed by atoms with Gasteiger partial charge in [0.2, 0.25) is 16.0 Å². The second kappa shape index (κ2) is 10.2. The van der Waals surface area contributed by atoms with Crippen molar-refractivity contribution < 1.29 is 13.2 Å². The Morgan fingerprint density at radius 2 is 1.80 bits per heavy atom. The first kappa shape index (κ1) is 24.4. The molecule has 0 fully saturated rings. The van der Waals surface area contributed by atoms with Gasteiger partial charge >= 0.3 is 0 Å². The second-order valence-electron chi connectivity index (χ2n) is 8.46. The molecular formula is C25H28N6O3S. The van der Waals surface area contributed by atoms with E-state index in [4.69, 9.17) is 10.9 Å². The Kier molecular flexibility index (Phi) is 7.13. The van der Waals surface area contributed by atoms with Gasteiger partial charge in [0.05, 0.1) is 10.6 Å². The van der Waals surface area contributed by atoms with Crippen LogP contribution in [0.1, 0.15) is 33.6 Å². The van der Waals surface area contributed by atoms with Crippen molar-refractivity contribution in [3.8, 4) is 0 Å². The number of hydrogen-bond donors (Lipinski definition) is 3. The Bertz CT molecular complexity index is 1350. The zero-order chi connectivity index (χ0) is 25.0. The summed E-state index contributed by atoms with van der Waals surface area (Å²) >= 11 is 0. The minimum absolute atomic E-state index is 0.0157. The van der Waals surface area contributed by atoms with Gasteiger partial charge in [0.15, 0.2) is 0 Å². The van der Waals surface area contributed by atoms with Gasteiger partial charge in [-0.05, 0) is 55.2 Å². The summed E-state index contributed by atoms with van der Waals surface area (Å²) in [6.45, 7) is 3.67. The molecule has 0 bridgehead atoms. The number of nitrogens with one attached hydrogen (secondary N) is 1. The number of aryl methyl sites for hydroxylation is 1. The third-order valence-electron chi connectivity index (χ3n) is 5.84. The summed E-state index contributed by atoms with van der Waals surface area (Å²) < 4.78 is 22.8. The van der Waals surface area contributed by atoms with Crippen LogP contribution in [-0.2, 0) is 16.4 Å². The lowest BCUT2D eigenvalue weighted by Gasteiger charge is -2.26. The zero-order valence-corrected chi connectivity index (χ0v) is 20.3. The first-order chi connectivity index (χ1) is 16.7. The van der Waals surface area contributed by atoms with Crippen molar-refractivity contribution in [1.29, 1.82) is 0 Å². The van der Waals surface area contributed by atoms with Crippen LogP contribution in [0.3, 0.4) is 0 Å². The van der Waals surface area contributed by atoms with Gasteiger partial charge < -0.3 is 16.0 Å². The maximum absolute atomic E-state index is 12.8. The minimum Gasteiger partial charge on any atom is -0.370 e. The molecule has 2 aromatic carbocycles. The molecule has 0 radical (unpaired) electrons. The molecule has 0 unspecified atom stereocenters. The first-order valence-electron chi connectivity index (χ1n) is 11.2. The van der Waals surface area contributed by atoms with E-state index in [1.165, 1.54) is 12.1 Å². The highest BCUT2D eigenvalue weighted by Crippen LogP contribution is 2.24. The first-order valence-corrected chi connectivity index (χ1v) is 12.8. The molecule has 4 rings (SSSR count). The summed E-state index contributed by atoms with van der Waals surface area (Å²) in [6, 6.07) is 15.9. The molecule has 2 heterocycles. The summed E-state index contributed by atoms with van der Waals surface area (Å²) in [6.07, 6.45) is 3.33. The van der Waals surface area contributed by atoms with Crippen molar-refractivity contribution in [3.05, 3.63) is 83.1 Å². The fourth-order valence-corrected chi connectivity index (χ4v) is 4.38. The zero-order valence-electron chi connectivity index (χ0n) is 19.4. The number of carbonyl (C=O) groups is 1. The fraction of sp³-hybridized carbons (Fsp3) is 0.240. The van der Waals surface area contributed by atoms with E-state index in [1.54, 1.807) is 12.1 Å². The lowest BCUT2D eigenvalue weighted by Crippen LogP contribution is -2.34. The Balaban J connectivity index is 1.37. The Labute approximate surface area is 204 Å². The summed E-state index contributed by atoms with van der Waals surface area (Å²) in [7, 11) is -3.70. The highest BCUT2D eigenvalue weighted by atomic mass is 32.2. The molecular weight excluding hydrogens is 464 g/mol. The highest BCUT2D eigenvalue weighted by Gasteiger charge is 2.20. The van der Waals surface area contributed by atoms with Gasteiger partial charge in [-0.3, -0.25) is 4.79 Å². The van der Waals surface area contributed by atoms with Crippen molar-refractivity contribution in [2.75, 3.05) is 30.7 Å². The molecule has 1 amide bonds. The van der Waals surface area contributed by atoms with Crippen LogP contribution in [0.2, 0.25) is 0 Å². The van der Waals surface area contributed by atoms with Crippen molar-refractivity contribution in [1.82, 2.24) is 14.9 Å². The number of amides is 1. The number of benzene rings is 2. The molecule has 0 atom stereocenters. The van der Waals surface area contributed by atoms with Crippen LogP contribution in [0.5, 0.6) is 0 Å². The summed E-state index contributed by atoms with van der Waals surface area (Å²) in [5.74, 6) is 0.788. The second-order valence-corrected chi connectivity index (χ2v) is 10.0. The average Bonchev–Trinajstić information content (AvgIpc) is 2.84. The number of nitrogens with two attached hydrogens (primary N) is 2. The van der Waals surface area contributed by atoms with E-state index in [0.717, 1.165) is 22.4 Å². The number of anilines is 2. The normalized spacial score (nSPS) is 13.9. The number of nitrogens with zero attached hydrogens (tertiary/aromatic N) is 3. The van der Waals surface area contributed by atoms with Gasteiger partial charge in [-0.15, -0.1) is 0 Å². The molecule has 10 heteroatoms. The van der Waals surface area contributed by atoms with Crippen LogP contribution >= 0.6 is 0 Å². The number of aromatic nitrogens is 2. The molecule has 0 aliphatic carbocycles. The smallest absolute Gasteiger partial charge is 0.254 e. The third-order valence-corrected chi connectivity index (χ3v) is 6.77. The predicted molar refractivity (Wildman–Crippen MR) is 136 cm³/mol. The number of rotatable bonds is 7. The van der Waals surface area contributed by atoms with E-state index < -0.39 is 10.0 Å². The van der Waals surface area contributed by atoms with Gasteiger partial charge in [0.1, 0.15) is 5.82 Å². The summed E-state index contributed by atoms with van der Waals surface area (Å²) in [5, 5.41) is 8.38. The number of nitrogen functional groups attached to an aromatic ring is 1. The Hall–Kier alpha value is -3.76. The molecule has 0 saturated carbocycles. The SMILES string of the molecule is Cc1ccc(C(=O)N2CC=C(c3cc(NCCc4ccc(S(N)(=O)=O)cc4)nc(N)n3)CC2)cc1. The average molecular weight is 493 g/mol. The summed E-state index contributed by atoms with van der Waals surface area (Å²) in [5.41, 5.74) is 10.5. The van der Waals surface area contributed by atoms with Crippen molar-refractivity contribution >= 4 is 33.3 Å². The minimum atomic E-state index is -3.70. The Morgan fingerprint density at radius 1 is 1.09 bits per heavy atom. The molecule has 0 saturated heterocycles. The van der Waals surface area contributed by atoms with Crippen molar-refractivity contribution in [3.63, 3.8) is 0 Å². The summed E-state index contributed by atoms with van der Waals surface area (Å²) in [4.78, 5) is 23.3. The maximum Gasteiger partial charge on any atom is 0.254 e. The number of carbonyl (C=O) groups excluding carboxylic acids is 1. The van der Waals surface area contributed by atoms with E-state index in [-0.39, 0.29) is 16.8 Å². The molecule has 1 aromatic heterocycles. The molecule has 5 N–H and O–H groups in total. The molecule has 1 aliphatic heterocycles. The number of sulfonamides is 1. The van der Waals surface area contributed by atoms with Crippen LogP contribution in [0.15, 0.2) is 65.6 Å². The monoisotopic (exact) mass is 492 g/mol. The van der Waals surface area contributed by atoms with E-state index in [9.17, 15) is 13.2 Å². The van der Waals surface area contributed by atoms with Crippen LogP contribution in [0.4, 0.5) is 11.8 Å². The number of hydrogen-bond acceptors (Lipinski definition) is 7. The molecule has 3 aromatic rings. The predicted octanol–water partition coefficient (Wildman–Crippen LogP) is 2.60. The van der Waals surface area contributed by atoms with Gasteiger partial charge in [0.25, 0.3) is 5.91 Å². The molecule has 1 aliphatic rings. The quantitative estimate of drug-likeness (QED) is 0.460. The standard InChI is InChI=1S/C25H28N6O3S/c1-17-2-6-20(7-3-17)24(32)31-14-11-19(12-15-31)22-16-23(30-25(26)29-22)28-13-10-18-4-8-21(9-5-18)35(27,33)34/h2-9,11,16H,10,12-15H2,1H3,(H2,27,33,34)(H3,26,28,29,30). The van der Waals surface area contributed by atoms with Gasteiger partial charge in [-0.25, -0.2) is 18.5 Å². The lowest BCUT2D eigenvalue weighted by atomic mass is 10.0.